The quantitative estimate of drug-likeness (QED) is 0.0823. The van der Waals surface area contributed by atoms with E-state index in [1.54, 1.807) is 45.3 Å². The Hall–Kier alpha value is -14.3. The molecular formula is C109H93BrN12O5S4. The fraction of sp³-hybridized carbons (Fsp3) is 0.138. The van der Waals surface area contributed by atoms with Gasteiger partial charge in [0, 0.05) is 103 Å². The van der Waals surface area contributed by atoms with Crippen LogP contribution in [0.5, 0.6) is 11.5 Å². The van der Waals surface area contributed by atoms with E-state index in [0.29, 0.717) is 35.1 Å². The van der Waals surface area contributed by atoms with Gasteiger partial charge in [-0.1, -0.05) is 179 Å². The summed E-state index contributed by atoms with van der Waals surface area (Å²) in [6, 6.07) is 89.7. The van der Waals surface area contributed by atoms with Crippen molar-refractivity contribution in [1.82, 2.24) is 60.3 Å². The first kappa shape index (κ1) is 90.1. The second kappa shape index (κ2) is 41.9. The molecule has 0 aliphatic heterocycles. The van der Waals surface area contributed by atoms with Crippen LogP contribution in [0.4, 0.5) is 0 Å². The molecule has 0 saturated carbocycles. The van der Waals surface area contributed by atoms with Crippen molar-refractivity contribution >= 4 is 163 Å². The van der Waals surface area contributed by atoms with Crippen molar-refractivity contribution in [3.8, 4) is 78.7 Å². The number of thiophene rings is 4. The molecule has 13 aromatic heterocycles. The summed E-state index contributed by atoms with van der Waals surface area (Å²) in [6.45, 7) is 26.3. The molecule has 0 spiro atoms. The van der Waals surface area contributed by atoms with Gasteiger partial charge in [-0.15, -0.1) is 45.3 Å². The molecule has 0 aliphatic rings. The summed E-state index contributed by atoms with van der Waals surface area (Å²) in [5.41, 5.74) is 22.4. The van der Waals surface area contributed by atoms with Crippen LogP contribution in [-0.4, -0.2) is 72.5 Å². The molecule has 0 fully saturated rings. The molecule has 0 atom stereocenters. The SMILES string of the molecule is Cc1ccc2cccc(-c3nc(-c4ccc(C)s4)no3)c2n1.Cc1ccc2cccc(-c3nc(-c4ccc(OC(C)C)cc4)no3)c2n1.Cc1ccc2cccc(/C=C/c3ccc(Br)s3)c2n1.Cc1ccc2cccc(/C=C/c3ccc(OC(C)C)cc3)c2n1.Cc1csc(-c2noc(-c3cccc4ccc(C)nc34)n2)c1.Cc1csc(/C=C/c2cccc3ccc(C)nc23)c1. The van der Waals surface area contributed by atoms with Crippen molar-refractivity contribution in [3.63, 3.8) is 0 Å². The van der Waals surface area contributed by atoms with Gasteiger partial charge in [0.1, 0.15) is 11.5 Å². The number of rotatable bonds is 16. The molecule has 13 heterocycles. The summed E-state index contributed by atoms with van der Waals surface area (Å²) in [6.07, 6.45) is 13.1. The van der Waals surface area contributed by atoms with E-state index in [-0.39, 0.29) is 12.2 Å². The Kier molecular flexibility index (Phi) is 28.8. The predicted octanol–water partition coefficient (Wildman–Crippen LogP) is 30.4. The fourth-order valence-electron chi connectivity index (χ4n) is 14.3. The molecule has 0 bridgehead atoms. The van der Waals surface area contributed by atoms with Crippen LogP contribution in [-0.2, 0) is 0 Å². The number of para-hydroxylation sites is 6. The number of pyridine rings is 6. The van der Waals surface area contributed by atoms with Gasteiger partial charge in [-0.25, -0.2) is 0 Å². The lowest BCUT2D eigenvalue weighted by Crippen LogP contribution is -2.05. The molecule has 21 rings (SSSR count). The summed E-state index contributed by atoms with van der Waals surface area (Å²) in [7, 11) is 0. The first-order chi connectivity index (χ1) is 63.6. The first-order valence-electron chi connectivity index (χ1n) is 42.8. The van der Waals surface area contributed by atoms with E-state index in [1.165, 1.54) is 47.5 Å². The van der Waals surface area contributed by atoms with Crippen LogP contribution >= 0.6 is 61.3 Å². The van der Waals surface area contributed by atoms with Gasteiger partial charge in [-0.3, -0.25) is 29.9 Å². The monoisotopic (exact) mass is 1860 g/mol. The molecule has 0 amide bonds. The smallest absolute Gasteiger partial charge is 0.260 e. The van der Waals surface area contributed by atoms with Crippen molar-refractivity contribution < 1.29 is 23.0 Å². The van der Waals surface area contributed by atoms with Crippen LogP contribution < -0.4 is 9.47 Å². The number of halogens is 1. The maximum Gasteiger partial charge on any atom is 0.260 e. The Labute approximate surface area is 784 Å². The minimum absolute atomic E-state index is 0.139. The highest BCUT2D eigenvalue weighted by Crippen LogP contribution is 2.36. The van der Waals surface area contributed by atoms with Crippen molar-refractivity contribution in [3.05, 3.63) is 364 Å². The summed E-state index contributed by atoms with van der Waals surface area (Å²) < 4.78 is 28.9. The number of benzene rings is 8. The number of hydrogen-bond donors (Lipinski definition) is 0. The second-order valence-electron chi connectivity index (χ2n) is 31.9. The highest BCUT2D eigenvalue weighted by Gasteiger charge is 2.20. The molecule has 0 unspecified atom stereocenters. The molecule has 0 saturated heterocycles. The largest absolute Gasteiger partial charge is 0.491 e. The number of fused-ring (bicyclic) bond motifs is 6. The lowest BCUT2D eigenvalue weighted by atomic mass is 10.1. The van der Waals surface area contributed by atoms with E-state index in [1.807, 2.05) is 203 Å². The summed E-state index contributed by atoms with van der Waals surface area (Å²) in [5.74, 6) is 4.98. The van der Waals surface area contributed by atoms with Gasteiger partial charge < -0.3 is 23.0 Å². The number of aromatic nitrogens is 12. The topological polar surface area (TPSA) is 213 Å². The van der Waals surface area contributed by atoms with Gasteiger partial charge in [0.25, 0.3) is 17.7 Å². The van der Waals surface area contributed by atoms with Crippen LogP contribution in [0, 0.1) is 62.3 Å². The lowest BCUT2D eigenvalue weighted by molar-refractivity contribution is 0.242. The zero-order valence-corrected chi connectivity index (χ0v) is 79.4. The van der Waals surface area contributed by atoms with Gasteiger partial charge in [0.05, 0.1) is 75.5 Å². The van der Waals surface area contributed by atoms with Gasteiger partial charge in [0.15, 0.2) is 0 Å². The van der Waals surface area contributed by atoms with Crippen LogP contribution in [0.2, 0.25) is 0 Å². The highest BCUT2D eigenvalue weighted by molar-refractivity contribution is 9.11. The molecule has 0 aliphatic carbocycles. The van der Waals surface area contributed by atoms with Crippen molar-refractivity contribution in [1.29, 1.82) is 0 Å². The Morgan fingerprint density at radius 2 is 0.672 bits per heavy atom. The van der Waals surface area contributed by atoms with Crippen molar-refractivity contribution in [2.24, 2.45) is 0 Å². The lowest BCUT2D eigenvalue weighted by Gasteiger charge is -2.09. The number of ether oxygens (including phenoxy) is 2. The fourth-order valence-corrected chi connectivity index (χ4v) is 18.0. The van der Waals surface area contributed by atoms with Crippen molar-refractivity contribution in [2.45, 2.75) is 102 Å². The van der Waals surface area contributed by atoms with Gasteiger partial charge in [0.2, 0.25) is 17.5 Å². The van der Waals surface area contributed by atoms with Gasteiger partial charge >= 0.3 is 0 Å². The average molecular weight is 1860 g/mol. The Balaban J connectivity index is 0.000000115. The molecular weight excluding hydrogens is 1770 g/mol. The predicted molar refractivity (Wildman–Crippen MR) is 546 cm³/mol. The van der Waals surface area contributed by atoms with E-state index in [9.17, 15) is 0 Å². The zero-order chi connectivity index (χ0) is 91.0. The van der Waals surface area contributed by atoms with Gasteiger partial charge in [-0.2, -0.15) is 15.0 Å². The van der Waals surface area contributed by atoms with E-state index >= 15 is 0 Å². The summed E-state index contributed by atoms with van der Waals surface area (Å²) >= 11 is 10.2. The molecule has 131 heavy (non-hydrogen) atoms. The third kappa shape index (κ3) is 23.3. The number of nitrogens with zero attached hydrogens (tertiary/aromatic N) is 12. The van der Waals surface area contributed by atoms with E-state index in [2.05, 4.69) is 278 Å². The summed E-state index contributed by atoms with van der Waals surface area (Å²) in [5, 5.41) is 23.3. The normalized spacial score (nSPS) is 11.3. The number of hydrogen-bond acceptors (Lipinski definition) is 21. The summed E-state index contributed by atoms with van der Waals surface area (Å²) in [4.78, 5) is 47.2. The van der Waals surface area contributed by atoms with Crippen LogP contribution in [0.15, 0.2) is 295 Å². The molecule has 22 heteroatoms. The first-order valence-corrected chi connectivity index (χ1v) is 47.0. The van der Waals surface area contributed by atoms with Crippen LogP contribution in [0.1, 0.15) is 110 Å². The Morgan fingerprint density at radius 3 is 1.05 bits per heavy atom. The molecule has 650 valence electrons. The minimum Gasteiger partial charge on any atom is -0.491 e. The molecule has 21 aromatic rings. The standard InChI is InChI=1S/C21H19N3O2.C21H21NO.2C17H13N3OS.C17H15NS.C16H12BrNS/c1-13(2)25-17-11-9-16(10-12-17)20-23-21(26-24-20)18-6-4-5-15-8-7-14(3)22-19(15)18;1-15(2)23-20-13-9-17(10-14-20)8-12-19-6-4-5-18-11-7-16(3)22-21(18)19;1-10-6-8-12-4-3-5-13(15(12)18-10)17-19-16(20-21-17)14-9-7-11(2)22-14;1-10-8-14(22-9-10)16-19-17(21-20-16)13-5-3-4-12-7-6-11(2)18-15(12)13;1-12-10-16(19-11-12)9-8-15-5-3-4-14-7-6-13(2)18-17(14)15;1-11-5-6-12-3-2-4-13(16(12)18-11)7-8-14-9-10-15(17)19-14/h4-13H,1-3H3;4-15H,1-3H3;2*3-9H,1-2H3;3-11H,1-2H3;2-10H,1H3/b;12-8+;;;9-8+;8-7+. The highest BCUT2D eigenvalue weighted by atomic mass is 79.9. The second-order valence-corrected chi connectivity index (χ2v) is 37.5. The zero-order valence-electron chi connectivity index (χ0n) is 74.6. The molecule has 0 radical (unpaired) electrons. The number of aryl methyl sites for hydroxylation is 9. The molecule has 0 N–H and O–H groups in total. The Bertz CT molecular complexity index is 7380. The minimum atomic E-state index is 0.139. The average Bonchev–Trinajstić information content (AvgIpc) is 1.74. The van der Waals surface area contributed by atoms with E-state index < -0.39 is 0 Å². The third-order valence-corrected chi connectivity index (χ3v) is 25.2. The van der Waals surface area contributed by atoms with Crippen molar-refractivity contribution in [2.75, 3.05) is 0 Å². The van der Waals surface area contributed by atoms with Crippen LogP contribution in [0.3, 0.4) is 0 Å². The van der Waals surface area contributed by atoms with E-state index in [4.69, 9.17) is 23.0 Å². The maximum absolute atomic E-state index is 5.67. The maximum atomic E-state index is 5.67. The van der Waals surface area contributed by atoms with Gasteiger partial charge in [-0.05, 0) is 273 Å². The van der Waals surface area contributed by atoms with Crippen LogP contribution in [0.25, 0.3) is 169 Å². The molecule has 8 aromatic carbocycles. The van der Waals surface area contributed by atoms with E-state index in [0.717, 1.165) is 147 Å². The third-order valence-electron chi connectivity index (χ3n) is 20.5. The molecule has 17 nitrogen and oxygen atoms in total. The Morgan fingerprint density at radius 1 is 0.305 bits per heavy atom.